The zero-order chi connectivity index (χ0) is 14.7. The summed E-state index contributed by atoms with van der Waals surface area (Å²) in [6.45, 7) is 2.59. The third-order valence-corrected chi connectivity index (χ3v) is 3.88. The fraction of sp³-hybridized carbons (Fsp3) is 0.533. The molecule has 20 heavy (non-hydrogen) atoms. The third-order valence-electron chi connectivity index (χ3n) is 3.88. The number of ether oxygens (including phenoxy) is 2. The lowest BCUT2D eigenvalue weighted by atomic mass is 9.94. The standard InChI is InChI=1S/C15H21NO4/c1-4-9-6-13(19-2)14(20-3)7-11(9)12-5-10(8-16-12)15(17)18/h6-7,10,12,16H,4-5,8H2,1-3H3,(H,17,18). The Kier molecular flexibility index (Phi) is 4.49. The van der Waals surface area contributed by atoms with E-state index in [9.17, 15) is 4.79 Å². The van der Waals surface area contributed by atoms with Gasteiger partial charge in [-0.2, -0.15) is 0 Å². The number of aliphatic carboxylic acids is 1. The van der Waals surface area contributed by atoms with Crippen LogP contribution in [0.5, 0.6) is 11.5 Å². The van der Waals surface area contributed by atoms with Crippen LogP contribution in [0.3, 0.4) is 0 Å². The van der Waals surface area contributed by atoms with Crippen LogP contribution in [0.4, 0.5) is 0 Å². The van der Waals surface area contributed by atoms with Gasteiger partial charge in [-0.25, -0.2) is 0 Å². The molecule has 1 fully saturated rings. The van der Waals surface area contributed by atoms with E-state index in [0.29, 0.717) is 24.5 Å². The molecule has 5 nitrogen and oxygen atoms in total. The van der Waals surface area contributed by atoms with Crippen LogP contribution in [0.1, 0.15) is 30.5 Å². The molecule has 1 heterocycles. The number of rotatable bonds is 5. The van der Waals surface area contributed by atoms with Crippen LogP contribution in [-0.2, 0) is 11.2 Å². The van der Waals surface area contributed by atoms with E-state index in [1.54, 1.807) is 14.2 Å². The maximum atomic E-state index is 11.1. The number of carboxylic acid groups (broad SMARTS) is 1. The summed E-state index contributed by atoms with van der Waals surface area (Å²) in [7, 11) is 3.22. The third kappa shape index (κ3) is 2.72. The second kappa shape index (κ2) is 6.13. The van der Waals surface area contributed by atoms with Gasteiger partial charge in [0.05, 0.1) is 20.1 Å². The van der Waals surface area contributed by atoms with Crippen molar-refractivity contribution >= 4 is 5.97 Å². The van der Waals surface area contributed by atoms with Crippen LogP contribution in [0.15, 0.2) is 12.1 Å². The fourth-order valence-corrected chi connectivity index (χ4v) is 2.73. The van der Waals surface area contributed by atoms with Crippen molar-refractivity contribution in [1.29, 1.82) is 0 Å². The molecule has 1 aliphatic heterocycles. The van der Waals surface area contributed by atoms with Crippen LogP contribution in [0.2, 0.25) is 0 Å². The minimum atomic E-state index is -0.737. The molecule has 1 aromatic rings. The van der Waals surface area contributed by atoms with Crippen molar-refractivity contribution in [1.82, 2.24) is 5.32 Å². The summed E-state index contributed by atoms with van der Waals surface area (Å²) in [5.41, 5.74) is 2.26. The number of hydrogen-bond acceptors (Lipinski definition) is 4. The first kappa shape index (κ1) is 14.7. The van der Waals surface area contributed by atoms with Gasteiger partial charge in [-0.05, 0) is 36.1 Å². The second-order valence-corrected chi connectivity index (χ2v) is 4.99. The molecule has 0 radical (unpaired) electrons. The van der Waals surface area contributed by atoms with E-state index in [1.807, 2.05) is 12.1 Å². The van der Waals surface area contributed by atoms with E-state index in [1.165, 1.54) is 0 Å². The van der Waals surface area contributed by atoms with Crippen LogP contribution in [0.25, 0.3) is 0 Å². The molecule has 1 saturated heterocycles. The number of hydrogen-bond donors (Lipinski definition) is 2. The lowest BCUT2D eigenvalue weighted by molar-refractivity contribution is -0.141. The molecular formula is C15H21NO4. The second-order valence-electron chi connectivity index (χ2n) is 4.99. The molecule has 2 unspecified atom stereocenters. The van der Waals surface area contributed by atoms with Crippen molar-refractivity contribution in [2.24, 2.45) is 5.92 Å². The van der Waals surface area contributed by atoms with Gasteiger partial charge in [-0.3, -0.25) is 4.79 Å². The van der Waals surface area contributed by atoms with E-state index in [-0.39, 0.29) is 12.0 Å². The first-order valence-electron chi connectivity index (χ1n) is 6.81. The van der Waals surface area contributed by atoms with Gasteiger partial charge in [0.2, 0.25) is 0 Å². The highest BCUT2D eigenvalue weighted by atomic mass is 16.5. The molecule has 1 aromatic carbocycles. The molecule has 0 bridgehead atoms. The SMILES string of the molecule is CCc1cc(OC)c(OC)cc1C1CC(C(=O)O)CN1. The summed E-state index contributed by atoms with van der Waals surface area (Å²) in [4.78, 5) is 11.1. The highest BCUT2D eigenvalue weighted by Crippen LogP contribution is 2.37. The fourth-order valence-electron chi connectivity index (χ4n) is 2.73. The Morgan fingerprint density at radius 1 is 1.35 bits per heavy atom. The molecule has 5 heteroatoms. The summed E-state index contributed by atoms with van der Waals surface area (Å²) in [5, 5.41) is 12.4. The Morgan fingerprint density at radius 3 is 2.50 bits per heavy atom. The van der Waals surface area contributed by atoms with Crippen molar-refractivity contribution < 1.29 is 19.4 Å². The van der Waals surface area contributed by atoms with Crippen LogP contribution < -0.4 is 14.8 Å². The molecule has 2 atom stereocenters. The first-order valence-corrected chi connectivity index (χ1v) is 6.81. The molecule has 0 saturated carbocycles. The lowest BCUT2D eigenvalue weighted by Crippen LogP contribution is -2.17. The minimum absolute atomic E-state index is 0.0610. The van der Waals surface area contributed by atoms with E-state index >= 15 is 0 Å². The van der Waals surface area contributed by atoms with E-state index in [0.717, 1.165) is 17.5 Å². The predicted octanol–water partition coefficient (Wildman–Crippen LogP) is 2.00. The first-order chi connectivity index (χ1) is 9.60. The minimum Gasteiger partial charge on any atom is -0.493 e. The van der Waals surface area contributed by atoms with Gasteiger partial charge >= 0.3 is 5.97 Å². The zero-order valence-electron chi connectivity index (χ0n) is 12.1. The van der Waals surface area contributed by atoms with Crippen molar-refractivity contribution in [3.8, 4) is 11.5 Å². The highest BCUT2D eigenvalue weighted by molar-refractivity contribution is 5.71. The maximum Gasteiger partial charge on any atom is 0.307 e. The Balaban J connectivity index is 2.33. The molecule has 0 amide bonds. The Labute approximate surface area is 118 Å². The highest BCUT2D eigenvalue weighted by Gasteiger charge is 2.31. The Morgan fingerprint density at radius 2 is 2.00 bits per heavy atom. The Bertz CT molecular complexity index is 501. The summed E-state index contributed by atoms with van der Waals surface area (Å²) in [6, 6.07) is 4.00. The molecule has 1 aliphatic rings. The van der Waals surface area contributed by atoms with E-state index in [4.69, 9.17) is 14.6 Å². The number of carboxylic acids is 1. The molecule has 0 spiro atoms. The average molecular weight is 279 g/mol. The number of carbonyl (C=O) groups is 1. The molecule has 0 aliphatic carbocycles. The molecule has 2 N–H and O–H groups in total. The average Bonchev–Trinajstić information content (AvgIpc) is 2.95. The summed E-state index contributed by atoms with van der Waals surface area (Å²) < 4.78 is 10.7. The van der Waals surface area contributed by atoms with Crippen molar-refractivity contribution in [2.75, 3.05) is 20.8 Å². The van der Waals surface area contributed by atoms with E-state index < -0.39 is 5.97 Å². The number of nitrogens with one attached hydrogen (secondary N) is 1. The van der Waals surface area contributed by atoms with Crippen LogP contribution in [-0.4, -0.2) is 31.8 Å². The Hall–Kier alpha value is -1.75. The van der Waals surface area contributed by atoms with Crippen molar-refractivity contribution in [3.63, 3.8) is 0 Å². The van der Waals surface area contributed by atoms with Crippen molar-refractivity contribution in [3.05, 3.63) is 23.3 Å². The van der Waals surface area contributed by atoms with Crippen molar-refractivity contribution in [2.45, 2.75) is 25.8 Å². The maximum absolute atomic E-state index is 11.1. The van der Waals surface area contributed by atoms with Gasteiger partial charge in [-0.1, -0.05) is 6.92 Å². The lowest BCUT2D eigenvalue weighted by Gasteiger charge is -2.18. The largest absolute Gasteiger partial charge is 0.493 e. The molecule has 110 valence electrons. The number of aryl methyl sites for hydroxylation is 1. The van der Waals surface area contributed by atoms with Gasteiger partial charge in [0.15, 0.2) is 11.5 Å². The summed E-state index contributed by atoms with van der Waals surface area (Å²) >= 11 is 0. The smallest absolute Gasteiger partial charge is 0.307 e. The predicted molar refractivity (Wildman–Crippen MR) is 75.4 cm³/mol. The summed E-state index contributed by atoms with van der Waals surface area (Å²) in [6.07, 6.45) is 1.48. The van der Waals surface area contributed by atoms with Gasteiger partial charge < -0.3 is 19.9 Å². The van der Waals surface area contributed by atoms with Gasteiger partial charge in [0, 0.05) is 12.6 Å². The number of benzene rings is 1. The van der Waals surface area contributed by atoms with E-state index in [2.05, 4.69) is 12.2 Å². The normalized spacial score (nSPS) is 21.8. The molecular weight excluding hydrogens is 258 g/mol. The van der Waals surface area contributed by atoms with Gasteiger partial charge in [0.25, 0.3) is 0 Å². The molecule has 2 rings (SSSR count). The van der Waals surface area contributed by atoms with Crippen LogP contribution in [0, 0.1) is 5.92 Å². The van der Waals surface area contributed by atoms with Crippen LogP contribution >= 0.6 is 0 Å². The van der Waals surface area contributed by atoms with Gasteiger partial charge in [-0.15, -0.1) is 0 Å². The monoisotopic (exact) mass is 279 g/mol. The quantitative estimate of drug-likeness (QED) is 0.863. The topological polar surface area (TPSA) is 67.8 Å². The van der Waals surface area contributed by atoms with Gasteiger partial charge in [0.1, 0.15) is 0 Å². The molecule has 0 aromatic heterocycles. The number of methoxy groups -OCH3 is 2. The summed E-state index contributed by atoms with van der Waals surface area (Å²) in [5.74, 6) is 0.331. The zero-order valence-corrected chi connectivity index (χ0v) is 12.1.